The zero-order chi connectivity index (χ0) is 19.9. The van der Waals surface area contributed by atoms with Gasteiger partial charge in [-0.15, -0.1) is 23.1 Å². The first-order valence-electron chi connectivity index (χ1n) is 9.94. The van der Waals surface area contributed by atoms with Gasteiger partial charge in [-0.05, 0) is 57.2 Å². The summed E-state index contributed by atoms with van der Waals surface area (Å²) in [7, 11) is 0. The molecule has 1 aliphatic rings. The van der Waals surface area contributed by atoms with E-state index in [0.29, 0.717) is 17.2 Å². The number of esters is 1. The molecular formula is C22H27NO3S2. The highest BCUT2D eigenvalue weighted by atomic mass is 32.2. The predicted octanol–water partition coefficient (Wildman–Crippen LogP) is 5.70. The molecule has 0 saturated carbocycles. The maximum absolute atomic E-state index is 12.8. The van der Waals surface area contributed by atoms with E-state index in [0.717, 1.165) is 36.1 Å². The van der Waals surface area contributed by atoms with Crippen LogP contribution in [-0.2, 0) is 22.4 Å². The molecule has 28 heavy (non-hydrogen) atoms. The van der Waals surface area contributed by atoms with Crippen molar-refractivity contribution in [2.45, 2.75) is 62.5 Å². The van der Waals surface area contributed by atoms with Gasteiger partial charge in [-0.25, -0.2) is 4.79 Å². The molecule has 1 N–H and O–H groups in total. The van der Waals surface area contributed by atoms with Crippen LogP contribution in [0.3, 0.4) is 0 Å². The third-order valence-electron chi connectivity index (χ3n) is 4.81. The van der Waals surface area contributed by atoms with Crippen molar-refractivity contribution >= 4 is 40.0 Å². The van der Waals surface area contributed by atoms with Crippen LogP contribution in [0.15, 0.2) is 35.2 Å². The zero-order valence-corrected chi connectivity index (χ0v) is 18.1. The number of carbonyl (C=O) groups excluding carboxylic acids is 2. The van der Waals surface area contributed by atoms with Crippen molar-refractivity contribution in [1.82, 2.24) is 0 Å². The molecular weight excluding hydrogens is 390 g/mol. The second-order valence-electron chi connectivity index (χ2n) is 6.90. The van der Waals surface area contributed by atoms with E-state index in [1.807, 2.05) is 44.2 Å². The van der Waals surface area contributed by atoms with Gasteiger partial charge in [0.2, 0.25) is 5.91 Å². The van der Waals surface area contributed by atoms with Crippen LogP contribution in [0.2, 0.25) is 0 Å². The SMILES string of the molecule is CCOC(=O)c1c(NC(=O)C(C)Sc2ccccc2)sc2c1CCCCCC2. The summed E-state index contributed by atoms with van der Waals surface area (Å²) in [5.74, 6) is -0.409. The van der Waals surface area contributed by atoms with Gasteiger partial charge in [-0.2, -0.15) is 0 Å². The van der Waals surface area contributed by atoms with Gasteiger partial charge in [-0.3, -0.25) is 4.79 Å². The zero-order valence-electron chi connectivity index (χ0n) is 16.5. The first-order valence-corrected chi connectivity index (χ1v) is 11.6. The Hall–Kier alpha value is -1.79. The van der Waals surface area contributed by atoms with Crippen molar-refractivity contribution in [2.75, 3.05) is 11.9 Å². The Labute approximate surface area is 175 Å². The lowest BCUT2D eigenvalue weighted by atomic mass is 9.96. The molecule has 0 saturated heterocycles. The van der Waals surface area contributed by atoms with Crippen LogP contribution in [0.5, 0.6) is 0 Å². The number of ether oxygens (including phenoxy) is 1. The van der Waals surface area contributed by atoms with Crippen LogP contribution in [0.1, 0.15) is 60.3 Å². The smallest absolute Gasteiger partial charge is 0.341 e. The second-order valence-corrected chi connectivity index (χ2v) is 9.42. The van der Waals surface area contributed by atoms with Crippen LogP contribution >= 0.6 is 23.1 Å². The molecule has 1 atom stereocenters. The molecule has 1 aromatic carbocycles. The molecule has 150 valence electrons. The molecule has 1 heterocycles. The van der Waals surface area contributed by atoms with E-state index in [1.54, 1.807) is 11.3 Å². The number of thiophene rings is 1. The molecule has 0 radical (unpaired) electrons. The van der Waals surface area contributed by atoms with E-state index < -0.39 is 0 Å². The first kappa shape index (κ1) is 20.9. The van der Waals surface area contributed by atoms with Gasteiger partial charge in [0.25, 0.3) is 0 Å². The third-order valence-corrected chi connectivity index (χ3v) is 7.13. The normalized spacial score (nSPS) is 15.1. The van der Waals surface area contributed by atoms with Gasteiger partial charge in [-0.1, -0.05) is 31.0 Å². The first-order chi connectivity index (χ1) is 13.6. The average molecular weight is 418 g/mol. The van der Waals surface area contributed by atoms with E-state index in [9.17, 15) is 9.59 Å². The van der Waals surface area contributed by atoms with Crippen molar-refractivity contribution in [2.24, 2.45) is 0 Å². The minimum absolute atomic E-state index is 0.0892. The summed E-state index contributed by atoms with van der Waals surface area (Å²) in [4.78, 5) is 27.8. The van der Waals surface area contributed by atoms with E-state index in [-0.39, 0.29) is 17.1 Å². The lowest BCUT2D eigenvalue weighted by Crippen LogP contribution is -2.23. The highest BCUT2D eigenvalue weighted by Gasteiger charge is 2.27. The van der Waals surface area contributed by atoms with Crippen LogP contribution in [0.4, 0.5) is 5.00 Å². The van der Waals surface area contributed by atoms with Gasteiger partial charge in [0.1, 0.15) is 5.00 Å². The number of aryl methyl sites for hydroxylation is 1. The number of anilines is 1. The quantitative estimate of drug-likeness (QED) is 0.484. The number of nitrogens with one attached hydrogen (secondary N) is 1. The lowest BCUT2D eigenvalue weighted by Gasteiger charge is -2.13. The summed E-state index contributed by atoms with van der Waals surface area (Å²) in [6.07, 6.45) is 6.45. The van der Waals surface area contributed by atoms with Gasteiger partial charge in [0, 0.05) is 9.77 Å². The van der Waals surface area contributed by atoms with Gasteiger partial charge >= 0.3 is 5.97 Å². The molecule has 1 aromatic heterocycles. The number of fused-ring (bicyclic) bond motifs is 1. The fourth-order valence-electron chi connectivity index (χ4n) is 3.40. The minimum atomic E-state index is -0.320. The molecule has 1 unspecified atom stereocenters. The summed E-state index contributed by atoms with van der Waals surface area (Å²) in [6, 6.07) is 9.88. The van der Waals surface area contributed by atoms with Crippen LogP contribution in [0, 0.1) is 0 Å². The monoisotopic (exact) mass is 417 g/mol. The molecule has 3 rings (SSSR count). The highest BCUT2D eigenvalue weighted by Crippen LogP contribution is 2.38. The number of hydrogen-bond donors (Lipinski definition) is 1. The van der Waals surface area contributed by atoms with Gasteiger partial charge in [0.05, 0.1) is 17.4 Å². The molecule has 0 fully saturated rings. The molecule has 0 bridgehead atoms. The van der Waals surface area contributed by atoms with E-state index in [2.05, 4.69) is 5.32 Å². The summed E-state index contributed by atoms with van der Waals surface area (Å²) >= 11 is 3.06. The number of carbonyl (C=O) groups is 2. The summed E-state index contributed by atoms with van der Waals surface area (Å²) in [6.45, 7) is 4.03. The van der Waals surface area contributed by atoms with Crippen molar-refractivity contribution < 1.29 is 14.3 Å². The standard InChI is InChI=1S/C22H27NO3S2/c1-3-26-22(25)19-17-13-9-4-5-10-14-18(17)28-21(19)23-20(24)15(2)27-16-11-7-6-8-12-16/h6-8,11-12,15H,3-5,9-10,13-14H2,1-2H3,(H,23,24). The van der Waals surface area contributed by atoms with Crippen LogP contribution < -0.4 is 5.32 Å². The molecule has 0 aliphatic heterocycles. The number of hydrogen-bond acceptors (Lipinski definition) is 5. The van der Waals surface area contributed by atoms with Gasteiger partial charge in [0.15, 0.2) is 0 Å². The largest absolute Gasteiger partial charge is 0.462 e. The van der Waals surface area contributed by atoms with E-state index in [4.69, 9.17) is 4.74 Å². The molecule has 1 amide bonds. The summed E-state index contributed by atoms with van der Waals surface area (Å²) in [5, 5.41) is 3.41. The number of benzene rings is 1. The Morgan fingerprint density at radius 3 is 2.57 bits per heavy atom. The topological polar surface area (TPSA) is 55.4 Å². The Kier molecular flexibility index (Phi) is 7.57. The maximum atomic E-state index is 12.8. The lowest BCUT2D eigenvalue weighted by molar-refractivity contribution is -0.115. The minimum Gasteiger partial charge on any atom is -0.462 e. The highest BCUT2D eigenvalue weighted by molar-refractivity contribution is 8.00. The van der Waals surface area contributed by atoms with Crippen molar-refractivity contribution in [3.05, 3.63) is 46.3 Å². The Balaban J connectivity index is 1.82. The molecule has 4 nitrogen and oxygen atoms in total. The van der Waals surface area contributed by atoms with Crippen molar-refractivity contribution in [3.8, 4) is 0 Å². The molecule has 1 aliphatic carbocycles. The predicted molar refractivity (Wildman–Crippen MR) is 117 cm³/mol. The summed E-state index contributed by atoms with van der Waals surface area (Å²) < 4.78 is 5.31. The molecule has 2 aromatic rings. The fourth-order valence-corrected chi connectivity index (χ4v) is 5.57. The Bertz CT molecular complexity index is 817. The van der Waals surface area contributed by atoms with Crippen LogP contribution in [-0.4, -0.2) is 23.7 Å². The van der Waals surface area contributed by atoms with E-state index in [1.165, 1.54) is 29.5 Å². The Morgan fingerprint density at radius 1 is 1.14 bits per heavy atom. The number of amides is 1. The van der Waals surface area contributed by atoms with Crippen molar-refractivity contribution in [1.29, 1.82) is 0 Å². The molecule has 0 spiro atoms. The van der Waals surface area contributed by atoms with Crippen molar-refractivity contribution in [3.63, 3.8) is 0 Å². The Morgan fingerprint density at radius 2 is 1.86 bits per heavy atom. The number of thioether (sulfide) groups is 1. The van der Waals surface area contributed by atoms with Gasteiger partial charge < -0.3 is 10.1 Å². The number of rotatable bonds is 6. The summed E-state index contributed by atoms with van der Waals surface area (Å²) in [5.41, 5.74) is 1.66. The second kappa shape index (κ2) is 10.1. The molecule has 6 heteroatoms. The maximum Gasteiger partial charge on any atom is 0.341 e. The van der Waals surface area contributed by atoms with Crippen LogP contribution in [0.25, 0.3) is 0 Å². The average Bonchev–Trinajstić information content (AvgIpc) is 2.99. The van der Waals surface area contributed by atoms with E-state index >= 15 is 0 Å². The third kappa shape index (κ3) is 5.17. The fraction of sp³-hybridized carbons (Fsp3) is 0.455.